The number of likely N-dealkylation sites (N-methyl/N-ethyl adjacent to an activating group) is 1. The summed E-state index contributed by atoms with van der Waals surface area (Å²) < 4.78 is 38.1. The Morgan fingerprint density at radius 1 is 1.46 bits per heavy atom. The topological polar surface area (TPSA) is 32.7 Å². The van der Waals surface area contributed by atoms with Crippen molar-refractivity contribution in [2.75, 3.05) is 26.8 Å². The van der Waals surface area contributed by atoms with Gasteiger partial charge < -0.3 is 5.11 Å². The van der Waals surface area contributed by atoms with Crippen LogP contribution in [-0.4, -0.2) is 49.2 Å². The maximum Gasteiger partial charge on any atom is 0.522 e. The summed E-state index contributed by atoms with van der Waals surface area (Å²) in [6.07, 6.45) is -4.57. The van der Waals surface area contributed by atoms with Crippen molar-refractivity contribution < 1.29 is 23.0 Å². The van der Waals surface area contributed by atoms with Gasteiger partial charge in [-0.15, -0.1) is 13.2 Å². The highest BCUT2D eigenvalue weighted by Crippen LogP contribution is 2.15. The molecule has 0 saturated heterocycles. The quantitative estimate of drug-likeness (QED) is 0.715. The minimum Gasteiger partial charge on any atom is -0.395 e. The second-order valence-corrected chi connectivity index (χ2v) is 2.81. The zero-order valence-corrected chi connectivity index (χ0v) is 7.64. The number of aliphatic hydroxyl groups is 1. The molecule has 0 fully saturated rings. The molecule has 0 heterocycles. The SMILES string of the molecule is CC(CO)N(C)CCOC(F)(F)F. The summed E-state index contributed by atoms with van der Waals surface area (Å²) in [5.74, 6) is 0. The minimum absolute atomic E-state index is 0.0808. The zero-order valence-electron chi connectivity index (χ0n) is 7.64. The van der Waals surface area contributed by atoms with Gasteiger partial charge in [-0.05, 0) is 14.0 Å². The average Bonchev–Trinajstić information content (AvgIpc) is 2.00. The number of hydrogen-bond donors (Lipinski definition) is 1. The molecule has 0 aromatic carbocycles. The Morgan fingerprint density at radius 3 is 2.38 bits per heavy atom. The van der Waals surface area contributed by atoms with Crippen LogP contribution in [0, 0.1) is 0 Å². The van der Waals surface area contributed by atoms with E-state index >= 15 is 0 Å². The molecule has 0 rings (SSSR count). The van der Waals surface area contributed by atoms with Crippen LogP contribution >= 0.6 is 0 Å². The second-order valence-electron chi connectivity index (χ2n) is 2.81. The largest absolute Gasteiger partial charge is 0.522 e. The van der Waals surface area contributed by atoms with E-state index in [1.807, 2.05) is 0 Å². The number of alkyl halides is 3. The van der Waals surface area contributed by atoms with Crippen LogP contribution in [0.1, 0.15) is 6.92 Å². The van der Waals surface area contributed by atoms with E-state index in [4.69, 9.17) is 5.11 Å². The molecule has 0 spiro atoms. The molecule has 3 nitrogen and oxygen atoms in total. The summed E-state index contributed by atoms with van der Waals surface area (Å²) in [6.45, 7) is 1.36. The third kappa shape index (κ3) is 6.80. The van der Waals surface area contributed by atoms with Crippen LogP contribution in [0.4, 0.5) is 13.2 Å². The highest BCUT2D eigenvalue weighted by atomic mass is 19.4. The van der Waals surface area contributed by atoms with E-state index in [1.165, 1.54) is 0 Å². The number of hydrogen-bond acceptors (Lipinski definition) is 3. The summed E-state index contributed by atoms with van der Waals surface area (Å²) in [5, 5.41) is 8.66. The minimum atomic E-state index is -4.57. The van der Waals surface area contributed by atoms with Crippen molar-refractivity contribution in [2.45, 2.75) is 19.3 Å². The van der Waals surface area contributed by atoms with Gasteiger partial charge in [0.05, 0.1) is 13.2 Å². The first-order valence-corrected chi connectivity index (χ1v) is 3.88. The maximum atomic E-state index is 11.5. The third-order valence-electron chi connectivity index (χ3n) is 1.73. The van der Waals surface area contributed by atoms with Crippen LogP contribution in [0.3, 0.4) is 0 Å². The molecule has 1 N–H and O–H groups in total. The fourth-order valence-electron chi connectivity index (χ4n) is 0.665. The Hall–Kier alpha value is -0.330. The van der Waals surface area contributed by atoms with Crippen molar-refractivity contribution in [3.05, 3.63) is 0 Å². The van der Waals surface area contributed by atoms with Crippen molar-refractivity contribution in [1.29, 1.82) is 0 Å². The Morgan fingerprint density at radius 2 is 2.00 bits per heavy atom. The Labute approximate surface area is 75.1 Å². The molecular weight excluding hydrogens is 187 g/mol. The zero-order chi connectivity index (χ0) is 10.5. The van der Waals surface area contributed by atoms with E-state index < -0.39 is 13.0 Å². The number of nitrogens with zero attached hydrogens (tertiary/aromatic N) is 1. The van der Waals surface area contributed by atoms with E-state index in [1.54, 1.807) is 18.9 Å². The lowest BCUT2D eigenvalue weighted by Crippen LogP contribution is -2.35. The van der Waals surface area contributed by atoms with E-state index in [0.29, 0.717) is 0 Å². The molecular formula is C7H14F3NO2. The van der Waals surface area contributed by atoms with Crippen LogP contribution < -0.4 is 0 Å². The van der Waals surface area contributed by atoms with Gasteiger partial charge >= 0.3 is 6.36 Å². The normalized spacial score (nSPS) is 15.0. The van der Waals surface area contributed by atoms with Crippen LogP contribution in [0.25, 0.3) is 0 Å². The Bertz CT molecular complexity index is 140. The summed E-state index contributed by atoms with van der Waals surface area (Å²) in [6, 6.07) is -0.156. The van der Waals surface area contributed by atoms with E-state index in [9.17, 15) is 13.2 Å². The number of ether oxygens (including phenoxy) is 1. The maximum absolute atomic E-state index is 11.5. The van der Waals surface area contributed by atoms with Gasteiger partial charge in [-0.3, -0.25) is 9.64 Å². The standard InChI is InChI=1S/C7H14F3NO2/c1-6(5-12)11(2)3-4-13-7(8,9)10/h6,12H,3-5H2,1-2H3. The van der Waals surface area contributed by atoms with Gasteiger partial charge in [0.2, 0.25) is 0 Å². The lowest BCUT2D eigenvalue weighted by molar-refractivity contribution is -0.325. The van der Waals surface area contributed by atoms with Crippen LogP contribution in [-0.2, 0) is 4.74 Å². The van der Waals surface area contributed by atoms with Crippen molar-refractivity contribution in [1.82, 2.24) is 4.90 Å². The second kappa shape index (κ2) is 5.41. The van der Waals surface area contributed by atoms with E-state index in [2.05, 4.69) is 4.74 Å². The van der Waals surface area contributed by atoms with Gasteiger partial charge in [0.1, 0.15) is 0 Å². The van der Waals surface area contributed by atoms with Crippen molar-refractivity contribution in [2.24, 2.45) is 0 Å². The first-order chi connectivity index (χ1) is 5.87. The van der Waals surface area contributed by atoms with Crippen LogP contribution in [0.5, 0.6) is 0 Å². The molecule has 0 aliphatic carbocycles. The average molecular weight is 201 g/mol. The Kier molecular flexibility index (Phi) is 5.27. The Balaban J connectivity index is 3.53. The van der Waals surface area contributed by atoms with Crippen LogP contribution in [0.15, 0.2) is 0 Å². The van der Waals surface area contributed by atoms with Crippen molar-refractivity contribution >= 4 is 0 Å². The summed E-state index contributed by atoms with van der Waals surface area (Å²) in [5.41, 5.74) is 0. The van der Waals surface area contributed by atoms with E-state index in [-0.39, 0.29) is 19.2 Å². The molecule has 0 aromatic rings. The first-order valence-electron chi connectivity index (χ1n) is 3.88. The monoisotopic (exact) mass is 201 g/mol. The van der Waals surface area contributed by atoms with Gasteiger partial charge in [0, 0.05) is 12.6 Å². The molecule has 80 valence electrons. The number of halogens is 3. The van der Waals surface area contributed by atoms with Crippen molar-refractivity contribution in [3.8, 4) is 0 Å². The molecule has 1 atom stereocenters. The summed E-state index contributed by atoms with van der Waals surface area (Å²) in [4.78, 5) is 1.59. The van der Waals surface area contributed by atoms with Crippen LogP contribution in [0.2, 0.25) is 0 Å². The third-order valence-corrected chi connectivity index (χ3v) is 1.73. The van der Waals surface area contributed by atoms with Gasteiger partial charge in [0.25, 0.3) is 0 Å². The first kappa shape index (κ1) is 12.7. The molecule has 0 aromatic heterocycles. The molecule has 1 unspecified atom stereocenters. The molecule has 0 saturated carbocycles. The predicted octanol–water partition coefficient (Wildman–Crippen LogP) is 0.835. The lowest BCUT2D eigenvalue weighted by Gasteiger charge is -2.22. The highest BCUT2D eigenvalue weighted by Gasteiger charge is 2.28. The molecule has 0 aliphatic heterocycles. The van der Waals surface area contributed by atoms with Crippen molar-refractivity contribution in [3.63, 3.8) is 0 Å². The van der Waals surface area contributed by atoms with Gasteiger partial charge in [-0.1, -0.05) is 0 Å². The fourth-order valence-corrected chi connectivity index (χ4v) is 0.665. The fraction of sp³-hybridized carbons (Fsp3) is 1.00. The molecule has 0 aliphatic rings. The summed E-state index contributed by atoms with van der Waals surface area (Å²) in [7, 11) is 1.63. The predicted molar refractivity (Wildman–Crippen MR) is 41.2 cm³/mol. The molecule has 0 bridgehead atoms. The number of rotatable bonds is 5. The van der Waals surface area contributed by atoms with Gasteiger partial charge in [-0.25, -0.2) is 0 Å². The molecule has 0 radical (unpaired) electrons. The lowest BCUT2D eigenvalue weighted by atomic mass is 10.3. The smallest absolute Gasteiger partial charge is 0.395 e. The molecule has 13 heavy (non-hydrogen) atoms. The van der Waals surface area contributed by atoms with Gasteiger partial charge in [0.15, 0.2) is 0 Å². The van der Waals surface area contributed by atoms with Gasteiger partial charge in [-0.2, -0.15) is 0 Å². The van der Waals surface area contributed by atoms with E-state index in [0.717, 1.165) is 0 Å². The highest BCUT2D eigenvalue weighted by molar-refractivity contribution is 4.60. The molecule has 6 heteroatoms. The number of aliphatic hydroxyl groups excluding tert-OH is 1. The molecule has 0 amide bonds. The summed E-state index contributed by atoms with van der Waals surface area (Å²) >= 11 is 0.